The van der Waals surface area contributed by atoms with E-state index in [1.54, 1.807) is 0 Å². The third kappa shape index (κ3) is 3.39. The van der Waals surface area contributed by atoms with Gasteiger partial charge in [0.15, 0.2) is 11.5 Å². The lowest BCUT2D eigenvalue weighted by Crippen LogP contribution is -2.22. The number of aryl methyl sites for hydroxylation is 2. The van der Waals surface area contributed by atoms with Gasteiger partial charge in [0.05, 0.1) is 15.2 Å². The molecular weight excluding hydrogens is 452 g/mol. The smallest absolute Gasteiger partial charge is 0.262 e. The molecule has 8 heteroatoms. The molecule has 1 aliphatic heterocycles. The number of amides is 1. The number of hydrogen-bond acceptors (Lipinski definition) is 5. The first kappa shape index (κ1) is 18.5. The molecule has 4 rings (SSSR count). The molecule has 1 N–H and O–H groups in total. The van der Waals surface area contributed by atoms with Crippen LogP contribution in [-0.4, -0.2) is 24.1 Å². The Bertz CT molecular complexity index is 1070. The number of benzene rings is 1. The first-order chi connectivity index (χ1) is 13.0. The number of aromatic nitrogens is 1. The number of carbonyl (C=O) groups excluding carboxylic acids is 1. The second-order valence-electron chi connectivity index (χ2n) is 6.22. The predicted octanol–water partition coefficient (Wildman–Crippen LogP) is 5.03. The van der Waals surface area contributed by atoms with Crippen LogP contribution in [-0.2, 0) is 6.54 Å². The average molecular weight is 468 g/mol. The summed E-state index contributed by atoms with van der Waals surface area (Å²) < 4.78 is 11.8. The van der Waals surface area contributed by atoms with E-state index in [1.807, 2.05) is 32.0 Å². The largest absolute Gasteiger partial charge is 0.486 e. The Hall–Kier alpha value is -1.83. The highest BCUT2D eigenvalue weighted by Crippen LogP contribution is 2.39. The van der Waals surface area contributed by atoms with E-state index in [9.17, 15) is 4.79 Å². The van der Waals surface area contributed by atoms with E-state index in [1.165, 1.54) is 11.3 Å². The quantitative estimate of drug-likeness (QED) is 0.587. The van der Waals surface area contributed by atoms with Crippen LogP contribution < -0.4 is 14.8 Å². The minimum Gasteiger partial charge on any atom is -0.486 e. The lowest BCUT2D eigenvalue weighted by molar-refractivity contribution is 0.0954. The zero-order valence-corrected chi connectivity index (χ0v) is 17.8. The highest BCUT2D eigenvalue weighted by molar-refractivity contribution is 9.10. The number of halogens is 2. The zero-order chi connectivity index (χ0) is 19.1. The van der Waals surface area contributed by atoms with Gasteiger partial charge >= 0.3 is 0 Å². The lowest BCUT2D eigenvalue weighted by Gasteiger charge is -2.18. The Balaban J connectivity index is 1.57. The lowest BCUT2D eigenvalue weighted by atomic mass is 10.1. The molecule has 3 aromatic rings. The highest BCUT2D eigenvalue weighted by atomic mass is 79.9. The summed E-state index contributed by atoms with van der Waals surface area (Å²) in [5.74, 6) is 1.28. The summed E-state index contributed by atoms with van der Waals surface area (Å²) in [5, 5.41) is 4.47. The average Bonchev–Trinajstić information content (AvgIpc) is 3.00. The Kier molecular flexibility index (Phi) is 5.01. The summed E-state index contributed by atoms with van der Waals surface area (Å²) in [7, 11) is 0. The van der Waals surface area contributed by atoms with E-state index < -0.39 is 0 Å². The Morgan fingerprint density at radius 3 is 2.81 bits per heavy atom. The molecule has 0 atom stereocenters. The third-order valence-electron chi connectivity index (χ3n) is 4.39. The van der Waals surface area contributed by atoms with Gasteiger partial charge in [0.1, 0.15) is 22.9 Å². The van der Waals surface area contributed by atoms with Crippen LogP contribution in [0.2, 0.25) is 5.02 Å². The van der Waals surface area contributed by atoms with Gasteiger partial charge in [-0.05, 0) is 53.0 Å². The number of nitrogens with one attached hydrogen (secondary N) is 1. The summed E-state index contributed by atoms with van der Waals surface area (Å²) in [4.78, 5) is 18.6. The van der Waals surface area contributed by atoms with Crippen LogP contribution in [0, 0.1) is 13.8 Å². The van der Waals surface area contributed by atoms with Crippen molar-refractivity contribution in [2.24, 2.45) is 0 Å². The molecule has 0 fully saturated rings. The Labute approximate surface area is 173 Å². The van der Waals surface area contributed by atoms with Gasteiger partial charge in [0.2, 0.25) is 0 Å². The van der Waals surface area contributed by atoms with Gasteiger partial charge in [-0.25, -0.2) is 4.98 Å². The molecule has 0 bridgehead atoms. The summed E-state index contributed by atoms with van der Waals surface area (Å²) in [6.07, 6.45) is 0. The second-order valence-corrected chi connectivity index (χ2v) is 8.39. The van der Waals surface area contributed by atoms with Gasteiger partial charge in [-0.1, -0.05) is 17.7 Å². The standard InChI is InChI=1S/C19H16BrClN2O3S/c1-9-14-15(20)17(27-19(14)23-10(2)16(9)21)18(24)22-8-11-3-4-12-13(7-11)26-6-5-25-12/h3-4,7H,5-6,8H2,1-2H3,(H,22,24). The van der Waals surface area contributed by atoms with Crippen molar-refractivity contribution in [2.45, 2.75) is 20.4 Å². The minimum atomic E-state index is -0.159. The molecule has 0 spiro atoms. The molecule has 0 saturated carbocycles. The van der Waals surface area contributed by atoms with Crippen LogP contribution in [0.4, 0.5) is 0 Å². The molecular formula is C19H16BrClN2O3S. The molecule has 1 aliphatic rings. The van der Waals surface area contributed by atoms with E-state index >= 15 is 0 Å². The predicted molar refractivity (Wildman–Crippen MR) is 110 cm³/mol. The van der Waals surface area contributed by atoms with Crippen molar-refractivity contribution in [3.05, 3.63) is 49.4 Å². The highest BCUT2D eigenvalue weighted by Gasteiger charge is 2.21. The molecule has 1 aromatic carbocycles. The topological polar surface area (TPSA) is 60.5 Å². The molecule has 5 nitrogen and oxygen atoms in total. The number of fused-ring (bicyclic) bond motifs is 2. The number of carbonyl (C=O) groups is 1. The molecule has 0 saturated heterocycles. The van der Waals surface area contributed by atoms with E-state index in [0.29, 0.717) is 35.4 Å². The van der Waals surface area contributed by atoms with Crippen molar-refractivity contribution in [1.82, 2.24) is 10.3 Å². The number of rotatable bonds is 3. The van der Waals surface area contributed by atoms with Gasteiger partial charge in [-0.2, -0.15) is 0 Å². The van der Waals surface area contributed by atoms with Crippen molar-refractivity contribution < 1.29 is 14.3 Å². The van der Waals surface area contributed by atoms with Gasteiger partial charge in [0, 0.05) is 11.9 Å². The molecule has 0 aliphatic carbocycles. The molecule has 3 heterocycles. The van der Waals surface area contributed by atoms with Crippen molar-refractivity contribution in [2.75, 3.05) is 13.2 Å². The summed E-state index contributed by atoms with van der Waals surface area (Å²) >= 11 is 11.2. The maximum absolute atomic E-state index is 12.7. The molecule has 2 aromatic heterocycles. The fraction of sp³-hybridized carbons (Fsp3) is 0.263. The van der Waals surface area contributed by atoms with Gasteiger partial charge < -0.3 is 14.8 Å². The Morgan fingerprint density at radius 2 is 2.04 bits per heavy atom. The van der Waals surface area contributed by atoms with Crippen LogP contribution in [0.15, 0.2) is 22.7 Å². The fourth-order valence-corrected chi connectivity index (χ4v) is 5.26. The summed E-state index contributed by atoms with van der Waals surface area (Å²) in [6.45, 7) is 5.28. The van der Waals surface area contributed by atoms with E-state index in [-0.39, 0.29) is 5.91 Å². The summed E-state index contributed by atoms with van der Waals surface area (Å²) in [6, 6.07) is 5.68. The van der Waals surface area contributed by atoms with Crippen molar-refractivity contribution >= 4 is 55.0 Å². The summed E-state index contributed by atoms with van der Waals surface area (Å²) in [5.41, 5.74) is 2.63. The SMILES string of the molecule is Cc1nc2sc(C(=O)NCc3ccc4c(c3)OCCO4)c(Br)c2c(C)c1Cl. The van der Waals surface area contributed by atoms with Crippen LogP contribution in [0.25, 0.3) is 10.2 Å². The number of thiophene rings is 1. The van der Waals surface area contributed by atoms with Crippen LogP contribution >= 0.6 is 38.9 Å². The van der Waals surface area contributed by atoms with Crippen LogP contribution in [0.1, 0.15) is 26.5 Å². The maximum atomic E-state index is 12.7. The van der Waals surface area contributed by atoms with Crippen molar-refractivity contribution in [3.8, 4) is 11.5 Å². The van der Waals surface area contributed by atoms with E-state index in [4.69, 9.17) is 21.1 Å². The number of hydrogen-bond donors (Lipinski definition) is 1. The molecule has 0 unspecified atom stereocenters. The molecule has 140 valence electrons. The number of ether oxygens (including phenoxy) is 2. The number of nitrogens with zero attached hydrogens (tertiary/aromatic N) is 1. The van der Waals surface area contributed by atoms with Gasteiger partial charge in [0.25, 0.3) is 5.91 Å². The van der Waals surface area contributed by atoms with Crippen molar-refractivity contribution in [1.29, 1.82) is 0 Å². The van der Waals surface area contributed by atoms with Crippen LogP contribution in [0.5, 0.6) is 11.5 Å². The second kappa shape index (κ2) is 7.30. The van der Waals surface area contributed by atoms with E-state index in [0.717, 1.165) is 37.3 Å². The molecule has 0 radical (unpaired) electrons. The molecule has 27 heavy (non-hydrogen) atoms. The normalized spacial score (nSPS) is 13.0. The zero-order valence-electron chi connectivity index (χ0n) is 14.7. The van der Waals surface area contributed by atoms with E-state index in [2.05, 4.69) is 26.2 Å². The number of pyridine rings is 1. The monoisotopic (exact) mass is 466 g/mol. The first-order valence-electron chi connectivity index (χ1n) is 8.37. The van der Waals surface area contributed by atoms with Crippen LogP contribution in [0.3, 0.4) is 0 Å². The Morgan fingerprint density at radius 1 is 1.30 bits per heavy atom. The van der Waals surface area contributed by atoms with Gasteiger partial charge in [-0.15, -0.1) is 11.3 Å². The maximum Gasteiger partial charge on any atom is 0.262 e. The first-order valence-corrected chi connectivity index (χ1v) is 10.4. The fourth-order valence-electron chi connectivity index (χ4n) is 2.99. The minimum absolute atomic E-state index is 0.159. The van der Waals surface area contributed by atoms with Crippen molar-refractivity contribution in [3.63, 3.8) is 0 Å². The molecule has 1 amide bonds. The van der Waals surface area contributed by atoms with Gasteiger partial charge in [-0.3, -0.25) is 4.79 Å². The third-order valence-corrected chi connectivity index (χ3v) is 7.08.